The summed E-state index contributed by atoms with van der Waals surface area (Å²) < 4.78 is 38.6. The first-order valence-corrected chi connectivity index (χ1v) is 6.98. The van der Waals surface area contributed by atoms with Crippen LogP contribution >= 0.6 is 11.6 Å². The number of hydrogen-bond donors (Lipinski definition) is 2. The minimum Gasteiger partial charge on any atom is -0.481 e. The van der Waals surface area contributed by atoms with Crippen LogP contribution in [0.2, 0.25) is 5.02 Å². The quantitative estimate of drug-likeness (QED) is 0.865. The Morgan fingerprint density at radius 2 is 2.09 bits per heavy atom. The number of nitrogens with one attached hydrogen (secondary N) is 1. The average Bonchev–Trinajstić information content (AvgIpc) is 2.85. The third-order valence-corrected chi connectivity index (χ3v) is 3.72. The first-order valence-electron chi connectivity index (χ1n) is 6.60. The second-order valence-electron chi connectivity index (χ2n) is 5.20. The molecule has 1 aliphatic rings. The molecule has 0 spiro atoms. The Morgan fingerprint density at radius 3 is 2.57 bits per heavy atom. The number of halogens is 4. The van der Waals surface area contributed by atoms with Crippen molar-refractivity contribution in [3.05, 3.63) is 23.4 Å². The minimum absolute atomic E-state index is 0.209. The summed E-state index contributed by atoms with van der Waals surface area (Å²) in [6.07, 6.45) is -3.31. The monoisotopic (exact) mass is 351 g/mol. The van der Waals surface area contributed by atoms with Crippen LogP contribution < -0.4 is 5.32 Å². The number of amides is 1. The second-order valence-corrected chi connectivity index (χ2v) is 5.63. The lowest BCUT2D eigenvalue weighted by Crippen LogP contribution is -2.34. The predicted octanol–water partition coefficient (Wildman–Crippen LogP) is 1.87. The predicted molar refractivity (Wildman–Crippen MR) is 75.0 cm³/mol. The van der Waals surface area contributed by atoms with Gasteiger partial charge in [-0.05, 0) is 12.1 Å². The van der Waals surface area contributed by atoms with Crippen molar-refractivity contribution in [2.24, 2.45) is 11.8 Å². The lowest BCUT2D eigenvalue weighted by Gasteiger charge is -2.18. The minimum atomic E-state index is -4.62. The number of hydrogen-bond acceptors (Lipinski definition) is 4. The molecule has 1 fully saturated rings. The van der Waals surface area contributed by atoms with Gasteiger partial charge in [-0.2, -0.15) is 13.2 Å². The molecule has 126 valence electrons. The molecule has 10 heteroatoms. The van der Waals surface area contributed by atoms with Crippen LogP contribution in [0.1, 0.15) is 0 Å². The lowest BCUT2D eigenvalue weighted by molar-refractivity contribution is -0.188. The summed E-state index contributed by atoms with van der Waals surface area (Å²) in [7, 11) is 0. The van der Waals surface area contributed by atoms with Crippen LogP contribution in [0.4, 0.5) is 19.0 Å². The normalized spacial score (nSPS) is 22.1. The van der Waals surface area contributed by atoms with Crippen molar-refractivity contribution in [3.8, 4) is 0 Å². The molecular formula is C13H13ClF3N3O3. The number of likely N-dealkylation sites (tertiary alicyclic amines) is 1. The van der Waals surface area contributed by atoms with Crippen LogP contribution in [-0.4, -0.2) is 52.7 Å². The van der Waals surface area contributed by atoms with E-state index in [1.54, 1.807) is 0 Å². The van der Waals surface area contributed by atoms with Crippen molar-refractivity contribution >= 4 is 29.3 Å². The molecule has 6 nitrogen and oxygen atoms in total. The zero-order valence-electron chi connectivity index (χ0n) is 11.7. The summed E-state index contributed by atoms with van der Waals surface area (Å²) in [5, 5.41) is 11.7. The smallest absolute Gasteiger partial charge is 0.393 e. The summed E-state index contributed by atoms with van der Waals surface area (Å²) in [6, 6.07) is 2.95. The highest BCUT2D eigenvalue weighted by atomic mass is 35.5. The highest BCUT2D eigenvalue weighted by Gasteiger charge is 2.52. The number of aromatic nitrogens is 1. The standard InChI is InChI=1S/C13H13ClF3N3O3/c14-7-1-2-10(18-3-7)19-11(21)6-20-4-8(12(22)23)9(5-20)13(15,16)17/h1-3,8-9H,4-6H2,(H,22,23)(H,18,19,21)/t8-,9-/m1/s1. The number of carbonyl (C=O) groups excluding carboxylic acids is 1. The van der Waals surface area contributed by atoms with Crippen molar-refractivity contribution in [2.45, 2.75) is 6.18 Å². The van der Waals surface area contributed by atoms with E-state index in [9.17, 15) is 22.8 Å². The fourth-order valence-electron chi connectivity index (χ4n) is 2.43. The van der Waals surface area contributed by atoms with E-state index in [1.807, 2.05) is 0 Å². The lowest BCUT2D eigenvalue weighted by atomic mass is 9.96. The molecule has 1 aliphatic heterocycles. The topological polar surface area (TPSA) is 82.5 Å². The van der Waals surface area contributed by atoms with E-state index >= 15 is 0 Å². The molecule has 0 radical (unpaired) electrons. The van der Waals surface area contributed by atoms with Gasteiger partial charge in [0.05, 0.1) is 23.4 Å². The fraction of sp³-hybridized carbons (Fsp3) is 0.462. The van der Waals surface area contributed by atoms with Crippen molar-refractivity contribution in [2.75, 3.05) is 25.0 Å². The third kappa shape index (κ3) is 4.55. The number of carboxylic acids is 1. The number of aliphatic carboxylic acids is 1. The van der Waals surface area contributed by atoms with Crippen LogP contribution in [-0.2, 0) is 9.59 Å². The summed E-state index contributed by atoms with van der Waals surface area (Å²) in [5.41, 5.74) is 0. The molecule has 2 heterocycles. The summed E-state index contributed by atoms with van der Waals surface area (Å²) in [6.45, 7) is -1.20. The van der Waals surface area contributed by atoms with E-state index in [4.69, 9.17) is 16.7 Å². The molecular weight excluding hydrogens is 339 g/mol. The van der Waals surface area contributed by atoms with Crippen molar-refractivity contribution in [1.29, 1.82) is 0 Å². The van der Waals surface area contributed by atoms with Crippen LogP contribution in [0.3, 0.4) is 0 Å². The van der Waals surface area contributed by atoms with Gasteiger partial charge < -0.3 is 10.4 Å². The van der Waals surface area contributed by atoms with Crippen molar-refractivity contribution in [1.82, 2.24) is 9.88 Å². The maximum atomic E-state index is 12.9. The number of rotatable bonds is 4. The molecule has 1 aromatic heterocycles. The molecule has 0 bridgehead atoms. The van der Waals surface area contributed by atoms with Gasteiger partial charge in [0.1, 0.15) is 5.82 Å². The van der Waals surface area contributed by atoms with Crippen LogP contribution in [0.15, 0.2) is 18.3 Å². The molecule has 1 saturated heterocycles. The Hall–Kier alpha value is -1.87. The van der Waals surface area contributed by atoms with Gasteiger partial charge in [0.2, 0.25) is 5.91 Å². The van der Waals surface area contributed by atoms with Gasteiger partial charge in [-0.1, -0.05) is 11.6 Å². The molecule has 0 unspecified atom stereocenters. The van der Waals surface area contributed by atoms with E-state index < -0.39 is 36.4 Å². The highest BCUT2D eigenvalue weighted by Crippen LogP contribution is 2.37. The number of carboxylic acid groups (broad SMARTS) is 1. The van der Waals surface area contributed by atoms with Crippen LogP contribution in [0, 0.1) is 11.8 Å². The summed E-state index contributed by atoms with van der Waals surface area (Å²) in [4.78, 5) is 27.8. The third-order valence-electron chi connectivity index (χ3n) is 3.50. The second kappa shape index (κ2) is 6.71. The SMILES string of the molecule is O=C(CN1C[C@@H](C(F)(F)F)[C@H](C(=O)O)C1)Nc1ccc(Cl)cn1. The number of carbonyl (C=O) groups is 2. The molecule has 0 aromatic carbocycles. The van der Waals surface area contributed by atoms with E-state index in [0.717, 1.165) is 0 Å². The Bertz CT molecular complexity index is 594. The summed E-state index contributed by atoms with van der Waals surface area (Å²) in [5.74, 6) is -5.44. The van der Waals surface area contributed by atoms with Crippen LogP contribution in [0.25, 0.3) is 0 Å². The van der Waals surface area contributed by atoms with Gasteiger partial charge in [-0.15, -0.1) is 0 Å². The number of pyridine rings is 1. The molecule has 1 aromatic rings. The first kappa shape index (κ1) is 17.5. The Morgan fingerprint density at radius 1 is 1.39 bits per heavy atom. The first-order chi connectivity index (χ1) is 10.7. The van der Waals surface area contributed by atoms with Gasteiger partial charge in [0, 0.05) is 19.3 Å². The molecule has 2 rings (SSSR count). The summed E-state index contributed by atoms with van der Waals surface area (Å²) >= 11 is 5.64. The zero-order chi connectivity index (χ0) is 17.2. The number of nitrogens with zero attached hydrogens (tertiary/aromatic N) is 2. The number of anilines is 1. The Labute approximate surface area is 134 Å². The van der Waals surface area contributed by atoms with Gasteiger partial charge >= 0.3 is 12.1 Å². The van der Waals surface area contributed by atoms with E-state index in [-0.39, 0.29) is 18.9 Å². The van der Waals surface area contributed by atoms with E-state index in [0.29, 0.717) is 5.02 Å². The zero-order valence-corrected chi connectivity index (χ0v) is 12.4. The van der Waals surface area contributed by atoms with Gasteiger partial charge in [0.25, 0.3) is 0 Å². The Kier molecular flexibility index (Phi) is 5.10. The van der Waals surface area contributed by atoms with Crippen LogP contribution in [0.5, 0.6) is 0 Å². The van der Waals surface area contributed by atoms with Gasteiger partial charge in [-0.25, -0.2) is 4.98 Å². The molecule has 2 atom stereocenters. The largest absolute Gasteiger partial charge is 0.481 e. The maximum Gasteiger partial charge on any atom is 0.393 e. The van der Waals surface area contributed by atoms with Crippen molar-refractivity contribution < 1.29 is 27.9 Å². The Balaban J connectivity index is 1.96. The van der Waals surface area contributed by atoms with E-state index in [2.05, 4.69) is 10.3 Å². The maximum absolute atomic E-state index is 12.9. The van der Waals surface area contributed by atoms with Gasteiger partial charge in [-0.3, -0.25) is 14.5 Å². The highest BCUT2D eigenvalue weighted by molar-refractivity contribution is 6.30. The van der Waals surface area contributed by atoms with Gasteiger partial charge in [0.15, 0.2) is 0 Å². The van der Waals surface area contributed by atoms with E-state index in [1.165, 1.54) is 23.2 Å². The molecule has 2 N–H and O–H groups in total. The molecule has 0 saturated carbocycles. The molecule has 1 amide bonds. The number of alkyl halides is 3. The molecule has 23 heavy (non-hydrogen) atoms. The fourth-order valence-corrected chi connectivity index (χ4v) is 2.54. The molecule has 0 aliphatic carbocycles. The average molecular weight is 352 g/mol. The van der Waals surface area contributed by atoms with Crippen molar-refractivity contribution in [3.63, 3.8) is 0 Å².